The SMILES string of the molecule is Brc1ccccc1CNCCCn1cnc2ccccc21. The Balaban J connectivity index is 1.47. The predicted octanol–water partition coefficient (Wildman–Crippen LogP) is 3.98. The van der Waals surface area contributed by atoms with Crippen LogP contribution in [0.15, 0.2) is 59.3 Å². The maximum atomic E-state index is 4.41. The molecule has 108 valence electrons. The summed E-state index contributed by atoms with van der Waals surface area (Å²) in [4.78, 5) is 4.41. The Morgan fingerprint density at radius 3 is 2.76 bits per heavy atom. The van der Waals surface area contributed by atoms with Crippen LogP contribution in [0.3, 0.4) is 0 Å². The fraction of sp³-hybridized carbons (Fsp3) is 0.235. The number of aryl methyl sites for hydroxylation is 1. The van der Waals surface area contributed by atoms with Gasteiger partial charge in [-0.3, -0.25) is 0 Å². The summed E-state index contributed by atoms with van der Waals surface area (Å²) in [6, 6.07) is 16.6. The highest BCUT2D eigenvalue weighted by Crippen LogP contribution is 2.15. The van der Waals surface area contributed by atoms with Crippen LogP contribution in [0.4, 0.5) is 0 Å². The number of hydrogen-bond donors (Lipinski definition) is 1. The summed E-state index contributed by atoms with van der Waals surface area (Å²) in [6.45, 7) is 2.88. The number of benzene rings is 2. The van der Waals surface area contributed by atoms with Gasteiger partial charge in [-0.05, 0) is 36.7 Å². The lowest BCUT2D eigenvalue weighted by Crippen LogP contribution is -2.16. The van der Waals surface area contributed by atoms with Crippen LogP contribution in [0.5, 0.6) is 0 Å². The van der Waals surface area contributed by atoms with Crippen LogP contribution in [0.1, 0.15) is 12.0 Å². The molecule has 3 nitrogen and oxygen atoms in total. The Morgan fingerprint density at radius 2 is 1.86 bits per heavy atom. The van der Waals surface area contributed by atoms with E-state index in [0.717, 1.165) is 36.0 Å². The van der Waals surface area contributed by atoms with E-state index in [9.17, 15) is 0 Å². The third-order valence-corrected chi connectivity index (χ3v) is 4.33. The lowest BCUT2D eigenvalue weighted by molar-refractivity contribution is 0.588. The normalized spacial score (nSPS) is 11.1. The van der Waals surface area contributed by atoms with Crippen molar-refractivity contribution in [2.75, 3.05) is 6.54 Å². The topological polar surface area (TPSA) is 29.9 Å². The lowest BCUT2D eigenvalue weighted by atomic mass is 10.2. The molecule has 0 bridgehead atoms. The molecule has 3 rings (SSSR count). The number of fused-ring (bicyclic) bond motifs is 1. The highest BCUT2D eigenvalue weighted by Gasteiger charge is 2.01. The number of halogens is 1. The van der Waals surface area contributed by atoms with Gasteiger partial charge in [0.05, 0.1) is 17.4 Å². The van der Waals surface area contributed by atoms with E-state index in [1.165, 1.54) is 11.1 Å². The second-order valence-electron chi connectivity index (χ2n) is 5.05. The molecule has 0 amide bonds. The number of para-hydroxylation sites is 2. The summed E-state index contributed by atoms with van der Waals surface area (Å²) in [5, 5.41) is 3.49. The number of rotatable bonds is 6. The molecule has 1 aromatic heterocycles. The third kappa shape index (κ3) is 3.52. The molecule has 0 saturated carbocycles. The van der Waals surface area contributed by atoms with Crippen LogP contribution in [0.2, 0.25) is 0 Å². The average Bonchev–Trinajstić information content (AvgIpc) is 2.92. The van der Waals surface area contributed by atoms with Gasteiger partial charge < -0.3 is 9.88 Å². The minimum atomic E-state index is 0.895. The van der Waals surface area contributed by atoms with E-state index < -0.39 is 0 Å². The standard InChI is InChI=1S/C17H18BrN3/c18-15-7-2-1-6-14(15)12-19-10-5-11-21-13-20-16-8-3-4-9-17(16)21/h1-4,6-9,13,19H,5,10-12H2. The fourth-order valence-electron chi connectivity index (χ4n) is 2.43. The fourth-order valence-corrected chi connectivity index (χ4v) is 2.85. The minimum Gasteiger partial charge on any atom is -0.331 e. The Kier molecular flexibility index (Phi) is 4.68. The lowest BCUT2D eigenvalue weighted by Gasteiger charge is -2.08. The van der Waals surface area contributed by atoms with Gasteiger partial charge in [-0.1, -0.05) is 46.3 Å². The van der Waals surface area contributed by atoms with Crippen LogP contribution in [-0.4, -0.2) is 16.1 Å². The first-order valence-corrected chi connectivity index (χ1v) is 7.98. The van der Waals surface area contributed by atoms with Gasteiger partial charge in [0, 0.05) is 17.6 Å². The first-order valence-electron chi connectivity index (χ1n) is 7.18. The van der Waals surface area contributed by atoms with E-state index >= 15 is 0 Å². The van der Waals surface area contributed by atoms with E-state index in [-0.39, 0.29) is 0 Å². The average molecular weight is 344 g/mol. The van der Waals surface area contributed by atoms with Crippen molar-refractivity contribution in [2.24, 2.45) is 0 Å². The zero-order valence-electron chi connectivity index (χ0n) is 11.8. The number of aromatic nitrogens is 2. The molecule has 1 heterocycles. The summed E-state index contributed by atoms with van der Waals surface area (Å²) in [5.41, 5.74) is 3.58. The van der Waals surface area contributed by atoms with E-state index in [0.29, 0.717) is 0 Å². The smallest absolute Gasteiger partial charge is 0.0958 e. The summed E-state index contributed by atoms with van der Waals surface area (Å²) in [5.74, 6) is 0. The van der Waals surface area contributed by atoms with Gasteiger partial charge in [-0.15, -0.1) is 0 Å². The molecule has 21 heavy (non-hydrogen) atoms. The number of imidazole rings is 1. The first kappa shape index (κ1) is 14.3. The molecule has 0 fully saturated rings. The van der Waals surface area contributed by atoms with Gasteiger partial charge in [0.1, 0.15) is 0 Å². The van der Waals surface area contributed by atoms with E-state index in [1.54, 1.807) is 0 Å². The Hall–Kier alpha value is -1.65. The molecular weight excluding hydrogens is 326 g/mol. The zero-order chi connectivity index (χ0) is 14.5. The first-order chi connectivity index (χ1) is 10.3. The van der Waals surface area contributed by atoms with Crippen molar-refractivity contribution in [1.82, 2.24) is 14.9 Å². The highest BCUT2D eigenvalue weighted by molar-refractivity contribution is 9.10. The van der Waals surface area contributed by atoms with Crippen molar-refractivity contribution < 1.29 is 0 Å². The van der Waals surface area contributed by atoms with E-state index in [4.69, 9.17) is 0 Å². The highest BCUT2D eigenvalue weighted by atomic mass is 79.9. The predicted molar refractivity (Wildman–Crippen MR) is 90.2 cm³/mol. The molecule has 1 N–H and O–H groups in total. The van der Waals surface area contributed by atoms with Gasteiger partial charge in [0.15, 0.2) is 0 Å². The van der Waals surface area contributed by atoms with Crippen molar-refractivity contribution in [3.05, 3.63) is 64.9 Å². The van der Waals surface area contributed by atoms with Crippen LogP contribution < -0.4 is 5.32 Å². The Morgan fingerprint density at radius 1 is 1.05 bits per heavy atom. The molecular formula is C17H18BrN3. The number of nitrogens with one attached hydrogen (secondary N) is 1. The number of hydrogen-bond acceptors (Lipinski definition) is 2. The maximum Gasteiger partial charge on any atom is 0.0958 e. The molecule has 0 saturated heterocycles. The Bertz CT molecular complexity index is 721. The van der Waals surface area contributed by atoms with Gasteiger partial charge in [-0.25, -0.2) is 4.98 Å². The molecule has 0 aliphatic carbocycles. The summed E-state index contributed by atoms with van der Waals surface area (Å²) < 4.78 is 3.38. The summed E-state index contributed by atoms with van der Waals surface area (Å²) in [6.07, 6.45) is 3.02. The zero-order valence-corrected chi connectivity index (χ0v) is 13.4. The third-order valence-electron chi connectivity index (χ3n) is 3.55. The molecule has 0 radical (unpaired) electrons. The quantitative estimate of drug-likeness (QED) is 0.686. The Labute approximate surface area is 133 Å². The maximum absolute atomic E-state index is 4.41. The second-order valence-corrected chi connectivity index (χ2v) is 5.90. The monoisotopic (exact) mass is 343 g/mol. The largest absolute Gasteiger partial charge is 0.331 e. The van der Waals surface area contributed by atoms with Crippen LogP contribution >= 0.6 is 15.9 Å². The van der Waals surface area contributed by atoms with Crippen LogP contribution in [-0.2, 0) is 13.1 Å². The van der Waals surface area contributed by atoms with Crippen molar-refractivity contribution in [2.45, 2.75) is 19.5 Å². The van der Waals surface area contributed by atoms with Gasteiger partial charge in [0.2, 0.25) is 0 Å². The van der Waals surface area contributed by atoms with Crippen LogP contribution in [0, 0.1) is 0 Å². The molecule has 0 aliphatic heterocycles. The molecule has 4 heteroatoms. The van der Waals surface area contributed by atoms with Crippen molar-refractivity contribution in [3.63, 3.8) is 0 Å². The van der Waals surface area contributed by atoms with Crippen molar-refractivity contribution in [3.8, 4) is 0 Å². The van der Waals surface area contributed by atoms with Gasteiger partial charge >= 0.3 is 0 Å². The van der Waals surface area contributed by atoms with E-state index in [2.05, 4.69) is 67.2 Å². The number of nitrogens with zero attached hydrogens (tertiary/aromatic N) is 2. The molecule has 3 aromatic rings. The summed E-state index contributed by atoms with van der Waals surface area (Å²) in [7, 11) is 0. The second kappa shape index (κ2) is 6.87. The van der Waals surface area contributed by atoms with Crippen molar-refractivity contribution >= 4 is 27.0 Å². The molecule has 0 aliphatic rings. The van der Waals surface area contributed by atoms with Gasteiger partial charge in [-0.2, -0.15) is 0 Å². The minimum absolute atomic E-state index is 0.895. The van der Waals surface area contributed by atoms with Gasteiger partial charge in [0.25, 0.3) is 0 Å². The molecule has 2 aromatic carbocycles. The van der Waals surface area contributed by atoms with Crippen molar-refractivity contribution in [1.29, 1.82) is 0 Å². The molecule has 0 spiro atoms. The van der Waals surface area contributed by atoms with Crippen LogP contribution in [0.25, 0.3) is 11.0 Å². The van der Waals surface area contributed by atoms with E-state index in [1.807, 2.05) is 18.5 Å². The molecule has 0 atom stereocenters. The summed E-state index contributed by atoms with van der Waals surface area (Å²) >= 11 is 3.57. The molecule has 0 unspecified atom stereocenters.